The van der Waals surface area contributed by atoms with Crippen molar-refractivity contribution < 1.29 is 110 Å². The van der Waals surface area contributed by atoms with Crippen LogP contribution in [-0.2, 0) is 9.84 Å². The van der Waals surface area contributed by atoms with Gasteiger partial charge in [-0.1, -0.05) is 60.2 Å². The summed E-state index contributed by atoms with van der Waals surface area (Å²) in [4.78, 5) is 0. The summed E-state index contributed by atoms with van der Waals surface area (Å²) in [5.41, 5.74) is -10.2. The molecular formula is C40H18BF20I. The van der Waals surface area contributed by atoms with Crippen LogP contribution in [0, 0.1) is 123 Å². The number of aryl methyl sites for hydroxylation is 1. The molecule has 0 spiro atoms. The summed E-state index contributed by atoms with van der Waals surface area (Å²) in [6, 6.07) is 19.6. The lowest BCUT2D eigenvalue weighted by Crippen LogP contribution is -3.41. The summed E-state index contributed by atoms with van der Waals surface area (Å²) in [5, 5.41) is 0. The molecule has 0 aliphatic carbocycles. The van der Waals surface area contributed by atoms with Gasteiger partial charge >= 0.3 is 0 Å². The summed E-state index contributed by atoms with van der Waals surface area (Å²) < 4.78 is 294. The lowest BCUT2D eigenvalue weighted by Gasteiger charge is -2.44. The first-order chi connectivity index (χ1) is 28.8. The number of alkyl halides is 1. The predicted octanol–water partition coefficient (Wildman–Crippen LogP) is 6.58. The van der Waals surface area contributed by atoms with Crippen molar-refractivity contribution in [1.82, 2.24) is 0 Å². The Morgan fingerprint density at radius 2 is 0.581 bits per heavy atom. The number of benzene rings is 6. The minimum Gasteiger partial charge on any atom is -0.207 e. The van der Waals surface area contributed by atoms with Crippen molar-refractivity contribution in [2.45, 2.75) is 23.7 Å². The molecule has 1 atom stereocenters. The third-order valence-electron chi connectivity index (χ3n) is 9.75. The lowest BCUT2D eigenvalue weighted by atomic mass is 9.12. The zero-order chi connectivity index (χ0) is 46.7. The molecule has 0 aromatic heterocycles. The van der Waals surface area contributed by atoms with Gasteiger partial charge in [-0.15, -0.1) is 21.9 Å². The van der Waals surface area contributed by atoms with Crippen LogP contribution in [0.4, 0.5) is 87.8 Å². The first kappa shape index (κ1) is 47.8. The quantitative estimate of drug-likeness (QED) is 0.0424. The van der Waals surface area contributed by atoms with E-state index in [0.717, 1.165) is 6.42 Å². The van der Waals surface area contributed by atoms with Crippen molar-refractivity contribution in [2.75, 3.05) is 0 Å². The smallest absolute Gasteiger partial charge is 0.207 e. The third kappa shape index (κ3) is 7.64. The van der Waals surface area contributed by atoms with Crippen LogP contribution in [0.25, 0.3) is 0 Å². The molecular weight excluding hydrogens is 998 g/mol. The minimum absolute atomic E-state index is 0.201. The van der Waals surface area contributed by atoms with Crippen LogP contribution in [0.15, 0.2) is 54.6 Å². The first-order valence-corrected chi connectivity index (χ1v) is 18.0. The Morgan fingerprint density at radius 1 is 0.355 bits per heavy atom. The SMILES string of the molecule is Cc1ccc(CC(C)([IH+])c2ccccc2)cc1.Fc1c(F)c(F)c([B-](c2c(F)c(F)c(F)c(F)c2F)(c2c(F)c(F)c(F)c(F)c2F)c2c(F)c(F)c(F)c(F)c2F)c(F)c1F. The Morgan fingerprint density at radius 3 is 0.823 bits per heavy atom. The highest BCUT2D eigenvalue weighted by Gasteiger charge is 2.52. The summed E-state index contributed by atoms with van der Waals surface area (Å²) in [6.45, 7) is 4.44. The lowest BCUT2D eigenvalue weighted by molar-refractivity contribution is -0.481. The van der Waals surface area contributed by atoms with Crippen molar-refractivity contribution >= 4 is 28.0 Å². The molecule has 0 nitrogen and oxygen atoms in total. The Bertz CT molecular complexity index is 2360. The van der Waals surface area contributed by atoms with Crippen LogP contribution >= 0.6 is 0 Å². The molecule has 0 saturated carbocycles. The number of hydrogen-bond donors (Lipinski definition) is 0. The highest BCUT2D eigenvalue weighted by Crippen LogP contribution is 2.31. The van der Waals surface area contributed by atoms with Crippen LogP contribution in [0.3, 0.4) is 0 Å². The van der Waals surface area contributed by atoms with E-state index in [9.17, 15) is 52.7 Å². The predicted molar refractivity (Wildman–Crippen MR) is 179 cm³/mol. The molecule has 6 aromatic rings. The minimum atomic E-state index is -7.22. The van der Waals surface area contributed by atoms with E-state index in [1.54, 1.807) is 0 Å². The molecule has 22 heteroatoms. The van der Waals surface area contributed by atoms with Gasteiger partial charge in [0.25, 0.3) is 22.6 Å². The molecule has 0 aliphatic heterocycles. The molecule has 0 fully saturated rings. The Hall–Kier alpha value is -5.29. The van der Waals surface area contributed by atoms with Gasteiger partial charge in [0, 0.05) is 12.0 Å². The number of rotatable bonds is 7. The van der Waals surface area contributed by atoms with Gasteiger partial charge in [0.15, 0.2) is 73.2 Å². The van der Waals surface area contributed by atoms with Gasteiger partial charge in [-0.25, -0.2) is 87.8 Å². The second-order valence-electron chi connectivity index (χ2n) is 13.6. The van der Waals surface area contributed by atoms with E-state index in [1.807, 2.05) is 0 Å². The van der Waals surface area contributed by atoms with Crippen LogP contribution in [0.2, 0.25) is 0 Å². The topological polar surface area (TPSA) is 0 Å². The van der Waals surface area contributed by atoms with Crippen LogP contribution in [-0.4, -0.2) is 6.15 Å². The summed E-state index contributed by atoms with van der Waals surface area (Å²) in [7, 11) is 0. The zero-order valence-corrected chi connectivity index (χ0v) is 32.8. The van der Waals surface area contributed by atoms with Crippen molar-refractivity contribution in [3.05, 3.63) is 188 Å². The average molecular weight is 1020 g/mol. The number of hydrogen-bond acceptors (Lipinski definition) is 0. The molecule has 0 amide bonds. The number of halogens is 21. The van der Waals surface area contributed by atoms with Gasteiger partial charge in [0.2, 0.25) is 0 Å². The molecule has 0 radical (unpaired) electrons. The van der Waals surface area contributed by atoms with E-state index in [1.165, 1.54) is 16.7 Å². The van der Waals surface area contributed by atoms with Gasteiger partial charge in [-0.05, 0) is 19.4 Å². The van der Waals surface area contributed by atoms with E-state index in [2.05, 4.69) is 91.0 Å². The second-order valence-corrected chi connectivity index (χ2v) is 16.1. The molecule has 6 aromatic carbocycles. The maximum absolute atomic E-state index is 15.4. The molecule has 0 aliphatic rings. The molecule has 0 heterocycles. The molecule has 0 saturated heterocycles. The fourth-order valence-corrected chi connectivity index (χ4v) is 7.73. The summed E-state index contributed by atoms with van der Waals surface area (Å²) >= 11 is 2.23. The molecule has 62 heavy (non-hydrogen) atoms. The summed E-state index contributed by atoms with van der Waals surface area (Å²) in [6.07, 6.45) is -6.13. The van der Waals surface area contributed by atoms with Crippen molar-refractivity contribution in [3.8, 4) is 0 Å². The van der Waals surface area contributed by atoms with E-state index >= 15 is 35.1 Å². The van der Waals surface area contributed by atoms with Crippen LogP contribution < -0.4 is 44.4 Å². The Kier molecular flexibility index (Phi) is 13.5. The largest absolute Gasteiger partial charge is 0.264 e. The second kappa shape index (κ2) is 17.5. The van der Waals surface area contributed by atoms with E-state index in [4.69, 9.17) is 0 Å². The summed E-state index contributed by atoms with van der Waals surface area (Å²) in [5.74, 6) is -71.4. The first-order valence-electron chi connectivity index (χ1n) is 16.8. The monoisotopic (exact) mass is 1020 g/mol. The van der Waals surface area contributed by atoms with Crippen molar-refractivity contribution in [3.63, 3.8) is 0 Å². The van der Waals surface area contributed by atoms with Crippen LogP contribution in [0.1, 0.15) is 23.6 Å². The van der Waals surface area contributed by atoms with Crippen molar-refractivity contribution in [2.24, 2.45) is 0 Å². The normalized spacial score (nSPS) is 12.6. The highest BCUT2D eigenvalue weighted by molar-refractivity contribution is 7.20. The average Bonchev–Trinajstić information content (AvgIpc) is 3.24. The van der Waals surface area contributed by atoms with Crippen molar-refractivity contribution in [1.29, 1.82) is 0 Å². The van der Waals surface area contributed by atoms with Gasteiger partial charge in [0.1, 0.15) is 52.7 Å². The highest BCUT2D eigenvalue weighted by atomic mass is 127. The Labute approximate surface area is 348 Å². The zero-order valence-electron chi connectivity index (χ0n) is 30.4. The molecule has 1 unspecified atom stereocenters. The standard InChI is InChI=1S/C24BF20.C16H18I/c26-5-1(6(27)14(35)21(42)13(5)34)25(2-7(28)15(36)22(43)16(37)8(2)29,3-9(30)17(38)23(44)18(39)10(3)31)4-11(32)19(40)24(45)20(41)12(4)33;1-13-8-10-14(11-9-13)12-16(2,17)15-6-4-3-5-7-15/h;3-11,17H,12H2,1-2H3/q-1;+1. The third-order valence-corrected chi connectivity index (χ3v) is 10.8. The van der Waals surface area contributed by atoms with E-state index in [-0.39, 0.29) is 3.42 Å². The van der Waals surface area contributed by atoms with Gasteiger partial charge in [0.05, 0.1) is 0 Å². The molecule has 6 rings (SSSR count). The molecule has 328 valence electrons. The fourth-order valence-electron chi connectivity index (χ4n) is 6.86. The Balaban J connectivity index is 0.000000355. The molecule has 0 N–H and O–H groups in total. The van der Waals surface area contributed by atoms with Crippen LogP contribution in [0.5, 0.6) is 0 Å². The maximum Gasteiger partial charge on any atom is 0.264 e. The van der Waals surface area contributed by atoms with E-state index < -0.39 is 144 Å². The maximum atomic E-state index is 15.4. The fraction of sp³-hybridized carbons (Fsp3) is 0.100. The van der Waals surface area contributed by atoms with Gasteiger partial charge in [-0.3, -0.25) is 0 Å². The van der Waals surface area contributed by atoms with E-state index in [0.29, 0.717) is 0 Å². The van der Waals surface area contributed by atoms with Gasteiger partial charge in [-0.2, -0.15) is 0 Å². The van der Waals surface area contributed by atoms with Gasteiger partial charge < -0.3 is 0 Å². The molecule has 0 bridgehead atoms.